The maximum Gasteiger partial charge on any atom is 0.383 e. The zero-order valence-corrected chi connectivity index (χ0v) is 8.08. The second-order valence-corrected chi connectivity index (χ2v) is 3.59. The highest BCUT2D eigenvalue weighted by molar-refractivity contribution is 5.70. The molecule has 0 radical (unpaired) electrons. The van der Waals surface area contributed by atoms with Crippen molar-refractivity contribution in [3.05, 3.63) is 0 Å². The molecule has 1 aliphatic heterocycles. The summed E-state index contributed by atoms with van der Waals surface area (Å²) in [5.74, 6) is 0.674. The van der Waals surface area contributed by atoms with Gasteiger partial charge in [0.2, 0.25) is 0 Å². The molecule has 1 unspecified atom stereocenters. The maximum absolute atomic E-state index is 10.9. The Morgan fingerprint density at radius 3 is 2.75 bits per heavy atom. The quantitative estimate of drug-likeness (QED) is 0.413. The lowest BCUT2D eigenvalue weighted by molar-refractivity contribution is -0.414. The first-order chi connectivity index (χ1) is 5.59. The second kappa shape index (κ2) is 3.81. The van der Waals surface area contributed by atoms with Crippen molar-refractivity contribution in [2.24, 2.45) is 5.92 Å². The van der Waals surface area contributed by atoms with Crippen molar-refractivity contribution >= 4 is 12.1 Å². The van der Waals surface area contributed by atoms with Crippen LogP contribution in [0.4, 0.5) is 0 Å². The van der Waals surface area contributed by atoms with Gasteiger partial charge in [0, 0.05) is 6.54 Å². The Morgan fingerprint density at radius 2 is 2.33 bits per heavy atom. The summed E-state index contributed by atoms with van der Waals surface area (Å²) in [5.41, 5.74) is 0. The highest BCUT2D eigenvalue weighted by Crippen LogP contribution is 2.11. The molecule has 0 N–H and O–H groups in total. The first-order valence-corrected chi connectivity index (χ1v) is 4.36. The predicted molar refractivity (Wildman–Crippen MR) is 48.5 cm³/mol. The molecule has 0 aromatic rings. The van der Waals surface area contributed by atoms with Crippen LogP contribution in [0.1, 0.15) is 13.3 Å². The van der Waals surface area contributed by atoms with E-state index < -0.39 is 0 Å². The fraction of sp³-hybridized carbons (Fsp3) is 0.778. The molecular formula is C9H17N2O+. The van der Waals surface area contributed by atoms with Crippen molar-refractivity contribution in [2.45, 2.75) is 13.3 Å². The standard InChI is InChI=1S/C9H17N2O/c1-8(12)11(3)7-9-4-5-10(2)6-9/h7,9H,4-6H2,1-3H3/q+1. The van der Waals surface area contributed by atoms with E-state index in [1.807, 2.05) is 13.3 Å². The van der Waals surface area contributed by atoms with Crippen LogP contribution in [0.15, 0.2) is 0 Å². The molecule has 1 amide bonds. The molecule has 0 aliphatic carbocycles. The number of likely N-dealkylation sites (tertiary alicyclic amines) is 1. The van der Waals surface area contributed by atoms with Crippen molar-refractivity contribution in [3.63, 3.8) is 0 Å². The number of nitrogens with zero attached hydrogens (tertiary/aromatic N) is 2. The molecular weight excluding hydrogens is 152 g/mol. The molecule has 3 nitrogen and oxygen atoms in total. The van der Waals surface area contributed by atoms with Crippen LogP contribution in [0.5, 0.6) is 0 Å². The van der Waals surface area contributed by atoms with Gasteiger partial charge >= 0.3 is 5.91 Å². The van der Waals surface area contributed by atoms with Crippen LogP contribution in [0.2, 0.25) is 0 Å². The van der Waals surface area contributed by atoms with Crippen LogP contribution in [-0.4, -0.2) is 48.8 Å². The van der Waals surface area contributed by atoms with Crippen LogP contribution >= 0.6 is 0 Å². The van der Waals surface area contributed by atoms with Crippen LogP contribution in [-0.2, 0) is 4.79 Å². The molecule has 1 saturated heterocycles. The first-order valence-electron chi connectivity index (χ1n) is 4.36. The summed E-state index contributed by atoms with van der Waals surface area (Å²) in [4.78, 5) is 13.2. The molecule has 0 aromatic heterocycles. The maximum atomic E-state index is 10.9. The van der Waals surface area contributed by atoms with E-state index in [0.29, 0.717) is 5.92 Å². The van der Waals surface area contributed by atoms with Gasteiger partial charge in [0.25, 0.3) is 0 Å². The van der Waals surface area contributed by atoms with Gasteiger partial charge in [-0.3, -0.25) is 0 Å². The number of amides is 1. The summed E-state index contributed by atoms with van der Waals surface area (Å²) >= 11 is 0. The highest BCUT2D eigenvalue weighted by atomic mass is 16.1. The summed E-state index contributed by atoms with van der Waals surface area (Å²) in [6.07, 6.45) is 3.21. The van der Waals surface area contributed by atoms with E-state index in [0.717, 1.165) is 13.1 Å². The van der Waals surface area contributed by atoms with E-state index >= 15 is 0 Å². The Kier molecular flexibility index (Phi) is 2.98. The lowest BCUT2D eigenvalue weighted by Crippen LogP contribution is -2.20. The molecule has 0 saturated carbocycles. The summed E-state index contributed by atoms with van der Waals surface area (Å²) in [6, 6.07) is 0. The van der Waals surface area contributed by atoms with E-state index in [9.17, 15) is 4.79 Å². The number of rotatable bonds is 1. The minimum Gasteiger partial charge on any atom is -0.306 e. The number of carbonyl (C=O) groups is 1. The summed E-state index contributed by atoms with van der Waals surface area (Å²) in [5, 5.41) is 0. The lowest BCUT2D eigenvalue weighted by atomic mass is 10.1. The Bertz CT molecular complexity index is 211. The Morgan fingerprint density at radius 1 is 1.67 bits per heavy atom. The van der Waals surface area contributed by atoms with Gasteiger partial charge in [-0.15, -0.1) is 0 Å². The molecule has 1 heterocycles. The van der Waals surface area contributed by atoms with E-state index in [-0.39, 0.29) is 5.91 Å². The third-order valence-corrected chi connectivity index (χ3v) is 2.36. The van der Waals surface area contributed by atoms with E-state index in [4.69, 9.17) is 0 Å². The largest absolute Gasteiger partial charge is 0.383 e. The molecule has 0 aromatic carbocycles. The van der Waals surface area contributed by atoms with Crippen molar-refractivity contribution in [3.8, 4) is 0 Å². The first kappa shape index (κ1) is 9.39. The Balaban J connectivity index is 2.50. The second-order valence-electron chi connectivity index (χ2n) is 3.59. The van der Waals surface area contributed by atoms with Crippen LogP contribution < -0.4 is 0 Å². The fourth-order valence-electron chi connectivity index (χ4n) is 1.51. The Hall–Kier alpha value is -0.700. The van der Waals surface area contributed by atoms with E-state index in [1.165, 1.54) is 6.42 Å². The zero-order chi connectivity index (χ0) is 9.14. The third kappa shape index (κ3) is 2.41. The molecule has 68 valence electrons. The van der Waals surface area contributed by atoms with Crippen LogP contribution in [0, 0.1) is 5.92 Å². The van der Waals surface area contributed by atoms with Crippen molar-refractivity contribution in [2.75, 3.05) is 27.2 Å². The molecule has 1 aliphatic rings. The van der Waals surface area contributed by atoms with Crippen molar-refractivity contribution in [1.29, 1.82) is 0 Å². The van der Waals surface area contributed by atoms with Gasteiger partial charge in [-0.25, -0.2) is 4.79 Å². The Labute approximate surface area is 73.7 Å². The smallest absolute Gasteiger partial charge is 0.306 e. The van der Waals surface area contributed by atoms with Gasteiger partial charge in [0.05, 0.1) is 12.8 Å². The minimum absolute atomic E-state index is 0.115. The predicted octanol–water partition coefficient (Wildman–Crippen LogP) is 0.198. The zero-order valence-electron chi connectivity index (χ0n) is 8.08. The average Bonchev–Trinajstić information content (AvgIpc) is 2.35. The topological polar surface area (TPSA) is 23.3 Å². The van der Waals surface area contributed by atoms with Crippen LogP contribution in [0.3, 0.4) is 0 Å². The minimum atomic E-state index is 0.115. The fourth-order valence-corrected chi connectivity index (χ4v) is 1.51. The highest BCUT2D eigenvalue weighted by Gasteiger charge is 2.21. The number of hydrogen-bond acceptors (Lipinski definition) is 2. The molecule has 1 fully saturated rings. The lowest BCUT2D eigenvalue weighted by Gasteiger charge is -2.03. The van der Waals surface area contributed by atoms with Gasteiger partial charge in [0.1, 0.15) is 7.05 Å². The third-order valence-electron chi connectivity index (χ3n) is 2.36. The molecule has 12 heavy (non-hydrogen) atoms. The van der Waals surface area contributed by atoms with Gasteiger partial charge in [-0.05, 0) is 20.0 Å². The van der Waals surface area contributed by atoms with Gasteiger partial charge in [0.15, 0.2) is 6.21 Å². The molecule has 1 rings (SSSR count). The summed E-state index contributed by atoms with van der Waals surface area (Å²) in [7, 11) is 3.93. The molecule has 3 heteroatoms. The monoisotopic (exact) mass is 169 g/mol. The summed E-state index contributed by atoms with van der Waals surface area (Å²) in [6.45, 7) is 3.82. The van der Waals surface area contributed by atoms with Gasteiger partial charge in [-0.1, -0.05) is 0 Å². The average molecular weight is 169 g/mol. The molecule has 0 spiro atoms. The number of carbonyl (C=O) groups excluding carboxylic acids is 1. The molecule has 0 bridgehead atoms. The SMILES string of the molecule is CC(=O)[N+](C)=CC1CCN(C)C1. The summed E-state index contributed by atoms with van der Waals surface area (Å²) < 4.78 is 1.68. The van der Waals surface area contributed by atoms with Gasteiger partial charge in [-0.2, -0.15) is 4.58 Å². The van der Waals surface area contributed by atoms with Gasteiger partial charge < -0.3 is 4.90 Å². The van der Waals surface area contributed by atoms with Crippen molar-refractivity contribution < 1.29 is 9.37 Å². The normalized spacial score (nSPS) is 26.2. The van der Waals surface area contributed by atoms with E-state index in [2.05, 4.69) is 11.9 Å². The van der Waals surface area contributed by atoms with Crippen LogP contribution in [0.25, 0.3) is 0 Å². The molecule has 1 atom stereocenters. The van der Waals surface area contributed by atoms with E-state index in [1.54, 1.807) is 11.5 Å². The number of hydrogen-bond donors (Lipinski definition) is 0. The van der Waals surface area contributed by atoms with Crippen molar-refractivity contribution in [1.82, 2.24) is 4.90 Å².